The minimum absolute atomic E-state index is 0. The summed E-state index contributed by atoms with van der Waals surface area (Å²) in [6.45, 7) is 2.29. The van der Waals surface area contributed by atoms with Gasteiger partial charge in [-0.1, -0.05) is 120 Å². The Labute approximate surface area is 178 Å². The first-order valence-corrected chi connectivity index (χ1v) is 10.4. The van der Waals surface area contributed by atoms with Gasteiger partial charge in [0.05, 0.1) is 0 Å². The van der Waals surface area contributed by atoms with E-state index in [-0.39, 0.29) is 29.6 Å². The van der Waals surface area contributed by atoms with Crippen LogP contribution in [0.5, 0.6) is 0 Å². The minimum Gasteiger partial charge on any atom is -0.0654 e. The SMILES string of the molecule is CCCCCCCCCCCCCCc1cccc2ccccc12.[Na]. The molecule has 1 heteroatoms. The van der Waals surface area contributed by atoms with Gasteiger partial charge in [-0.05, 0) is 29.2 Å². The van der Waals surface area contributed by atoms with Crippen molar-refractivity contribution >= 4 is 40.3 Å². The Morgan fingerprint density at radius 3 is 1.72 bits per heavy atom. The fraction of sp³-hybridized carbons (Fsp3) is 0.583. The number of benzene rings is 2. The molecule has 0 aliphatic rings. The smallest absolute Gasteiger partial charge is 0 e. The van der Waals surface area contributed by atoms with Crippen LogP contribution >= 0.6 is 0 Å². The van der Waals surface area contributed by atoms with Crippen LogP contribution in [0.3, 0.4) is 0 Å². The Morgan fingerprint density at radius 2 is 1.08 bits per heavy atom. The van der Waals surface area contributed by atoms with E-state index < -0.39 is 0 Å². The summed E-state index contributed by atoms with van der Waals surface area (Å²) in [6.07, 6.45) is 18.3. The zero-order chi connectivity index (χ0) is 16.9. The van der Waals surface area contributed by atoms with Gasteiger partial charge in [-0.25, -0.2) is 0 Å². The summed E-state index contributed by atoms with van der Waals surface area (Å²) >= 11 is 0. The Bertz CT molecular complexity index is 556. The van der Waals surface area contributed by atoms with Crippen molar-refractivity contribution in [1.82, 2.24) is 0 Å². The molecule has 0 atom stereocenters. The van der Waals surface area contributed by atoms with Crippen LogP contribution in [0.15, 0.2) is 42.5 Å². The molecule has 0 aromatic heterocycles. The Hall–Kier alpha value is -0.300. The molecule has 1 radical (unpaired) electrons. The van der Waals surface area contributed by atoms with Gasteiger partial charge >= 0.3 is 0 Å². The number of hydrogen-bond donors (Lipinski definition) is 0. The number of aryl methyl sites for hydroxylation is 1. The van der Waals surface area contributed by atoms with Crippen molar-refractivity contribution in [3.8, 4) is 0 Å². The van der Waals surface area contributed by atoms with E-state index >= 15 is 0 Å². The molecule has 0 fully saturated rings. The van der Waals surface area contributed by atoms with E-state index in [0.29, 0.717) is 0 Å². The minimum atomic E-state index is 0. The van der Waals surface area contributed by atoms with Crippen LogP contribution in [-0.4, -0.2) is 29.6 Å². The van der Waals surface area contributed by atoms with Gasteiger partial charge in [0.15, 0.2) is 0 Å². The van der Waals surface area contributed by atoms with E-state index in [4.69, 9.17) is 0 Å². The fourth-order valence-electron chi connectivity index (χ4n) is 3.67. The molecule has 0 aliphatic carbocycles. The number of hydrogen-bond acceptors (Lipinski definition) is 0. The van der Waals surface area contributed by atoms with E-state index in [2.05, 4.69) is 49.4 Å². The van der Waals surface area contributed by atoms with Crippen LogP contribution in [0.4, 0.5) is 0 Å². The molecule has 0 unspecified atom stereocenters. The second kappa shape index (κ2) is 14.8. The predicted molar refractivity (Wildman–Crippen MR) is 114 cm³/mol. The van der Waals surface area contributed by atoms with Gasteiger partial charge in [-0.15, -0.1) is 0 Å². The van der Waals surface area contributed by atoms with E-state index in [1.807, 2.05) is 0 Å². The third-order valence-electron chi connectivity index (χ3n) is 5.18. The average Bonchev–Trinajstić information content (AvgIpc) is 2.63. The topological polar surface area (TPSA) is 0 Å². The maximum atomic E-state index is 2.31. The number of fused-ring (bicyclic) bond motifs is 1. The first-order valence-electron chi connectivity index (χ1n) is 10.4. The van der Waals surface area contributed by atoms with Crippen molar-refractivity contribution < 1.29 is 0 Å². The van der Waals surface area contributed by atoms with Crippen LogP contribution < -0.4 is 0 Å². The molecule has 0 heterocycles. The van der Waals surface area contributed by atoms with Crippen molar-refractivity contribution in [1.29, 1.82) is 0 Å². The van der Waals surface area contributed by atoms with Crippen LogP contribution in [-0.2, 0) is 6.42 Å². The molecule has 2 aromatic rings. The fourth-order valence-corrected chi connectivity index (χ4v) is 3.67. The number of rotatable bonds is 13. The second-order valence-corrected chi connectivity index (χ2v) is 7.28. The maximum Gasteiger partial charge on any atom is 0 e. The monoisotopic (exact) mass is 347 g/mol. The van der Waals surface area contributed by atoms with Crippen molar-refractivity contribution in [2.75, 3.05) is 0 Å². The number of unbranched alkanes of at least 4 members (excludes halogenated alkanes) is 11. The Morgan fingerprint density at radius 1 is 0.560 bits per heavy atom. The van der Waals surface area contributed by atoms with Crippen LogP contribution in [0.1, 0.15) is 89.5 Å². The van der Waals surface area contributed by atoms with E-state index in [0.717, 1.165) is 0 Å². The van der Waals surface area contributed by atoms with Crippen molar-refractivity contribution in [3.05, 3.63) is 48.0 Å². The Balaban J connectivity index is 0.00000312. The van der Waals surface area contributed by atoms with Gasteiger partial charge < -0.3 is 0 Å². The average molecular weight is 348 g/mol. The normalized spacial score (nSPS) is 10.8. The summed E-state index contributed by atoms with van der Waals surface area (Å²) < 4.78 is 0. The molecule has 0 amide bonds. The van der Waals surface area contributed by atoms with Crippen molar-refractivity contribution in [2.24, 2.45) is 0 Å². The van der Waals surface area contributed by atoms with Crippen LogP contribution in [0.2, 0.25) is 0 Å². The molecule has 2 rings (SSSR count). The first-order chi connectivity index (χ1) is 11.9. The predicted octanol–water partition coefficient (Wildman–Crippen LogP) is 7.70. The third kappa shape index (κ3) is 9.27. The molecule has 25 heavy (non-hydrogen) atoms. The summed E-state index contributed by atoms with van der Waals surface area (Å²) in [5, 5.41) is 2.83. The second-order valence-electron chi connectivity index (χ2n) is 7.28. The van der Waals surface area contributed by atoms with Gasteiger partial charge in [-0.2, -0.15) is 0 Å². The van der Waals surface area contributed by atoms with Gasteiger partial charge in [0.2, 0.25) is 0 Å². The summed E-state index contributed by atoms with van der Waals surface area (Å²) in [5.41, 5.74) is 1.53. The summed E-state index contributed by atoms with van der Waals surface area (Å²) in [7, 11) is 0. The molecule has 0 N–H and O–H groups in total. The standard InChI is InChI=1S/C24H36.Na/c1-2-3-4-5-6-7-8-9-10-11-12-13-17-22-19-16-20-23-18-14-15-21-24(22)23;/h14-16,18-21H,2-13,17H2,1H3;. The van der Waals surface area contributed by atoms with Crippen LogP contribution in [0, 0.1) is 0 Å². The molecule has 133 valence electrons. The van der Waals surface area contributed by atoms with E-state index in [1.54, 1.807) is 0 Å². The quantitative estimate of drug-likeness (QED) is 0.257. The summed E-state index contributed by atoms with van der Waals surface area (Å²) in [4.78, 5) is 0. The molecule has 2 aromatic carbocycles. The first kappa shape index (κ1) is 22.7. The summed E-state index contributed by atoms with van der Waals surface area (Å²) in [5.74, 6) is 0. The largest absolute Gasteiger partial charge is 0.0654 e. The van der Waals surface area contributed by atoms with Gasteiger partial charge in [0.1, 0.15) is 0 Å². The van der Waals surface area contributed by atoms with Crippen molar-refractivity contribution in [3.63, 3.8) is 0 Å². The molecular formula is C24H36Na. The molecule has 0 saturated heterocycles. The Kier molecular flexibility index (Phi) is 13.5. The zero-order valence-corrected chi connectivity index (χ0v) is 18.7. The van der Waals surface area contributed by atoms with Gasteiger partial charge in [-0.3, -0.25) is 0 Å². The van der Waals surface area contributed by atoms with Crippen molar-refractivity contribution in [2.45, 2.75) is 90.4 Å². The molecule has 0 bridgehead atoms. The molecule has 0 nitrogen and oxygen atoms in total. The van der Waals surface area contributed by atoms with Gasteiger partial charge in [0, 0.05) is 29.6 Å². The third-order valence-corrected chi connectivity index (χ3v) is 5.18. The van der Waals surface area contributed by atoms with Crippen LogP contribution in [0.25, 0.3) is 10.8 Å². The van der Waals surface area contributed by atoms with Gasteiger partial charge in [0.25, 0.3) is 0 Å². The summed E-state index contributed by atoms with van der Waals surface area (Å²) in [6, 6.07) is 15.5. The van der Waals surface area contributed by atoms with E-state index in [9.17, 15) is 0 Å². The van der Waals surface area contributed by atoms with E-state index in [1.165, 1.54) is 99.8 Å². The molecule has 0 spiro atoms. The molecule has 0 saturated carbocycles. The molecule has 0 aliphatic heterocycles. The maximum absolute atomic E-state index is 2.31. The molecular weight excluding hydrogens is 311 g/mol. The zero-order valence-electron chi connectivity index (χ0n) is 16.7.